The third-order valence-electron chi connectivity index (χ3n) is 2.14. The summed E-state index contributed by atoms with van der Waals surface area (Å²) in [4.78, 5) is 4.02. The van der Waals surface area contributed by atoms with E-state index in [2.05, 4.69) is 4.98 Å². The zero-order chi connectivity index (χ0) is 12.3. The van der Waals surface area contributed by atoms with Crippen LogP contribution in [-0.4, -0.2) is 4.98 Å². The molecule has 17 heavy (non-hydrogen) atoms. The third-order valence-corrected chi connectivity index (χ3v) is 2.44. The molecule has 1 aromatic heterocycles. The van der Waals surface area contributed by atoms with E-state index in [1.54, 1.807) is 18.3 Å². The molecule has 0 atom stereocenters. The van der Waals surface area contributed by atoms with E-state index in [-0.39, 0.29) is 5.02 Å². The topological polar surface area (TPSA) is 48.1 Å². The maximum absolute atomic E-state index is 12.8. The molecule has 0 spiro atoms. The Hall–Kier alpha value is -1.65. The molecule has 0 unspecified atom stereocenters. The van der Waals surface area contributed by atoms with Gasteiger partial charge in [-0.1, -0.05) is 11.6 Å². The zero-order valence-corrected chi connectivity index (χ0v) is 9.62. The molecule has 2 N–H and O–H groups in total. The third kappa shape index (κ3) is 2.93. The van der Waals surface area contributed by atoms with Crippen LogP contribution in [0.2, 0.25) is 5.02 Å². The number of nitrogens with two attached hydrogens (primary N) is 1. The largest absolute Gasteiger partial charge is 0.437 e. The van der Waals surface area contributed by atoms with Gasteiger partial charge in [-0.05, 0) is 29.8 Å². The molecule has 88 valence electrons. The Labute approximate surface area is 103 Å². The Morgan fingerprint density at radius 3 is 2.82 bits per heavy atom. The quantitative estimate of drug-likeness (QED) is 0.913. The average Bonchev–Trinajstić information content (AvgIpc) is 2.33. The number of ether oxygens (including phenoxy) is 1. The molecule has 2 rings (SSSR count). The lowest BCUT2D eigenvalue weighted by atomic mass is 10.3. The summed E-state index contributed by atoms with van der Waals surface area (Å²) in [7, 11) is 0. The van der Waals surface area contributed by atoms with Crippen LogP contribution in [0.1, 0.15) is 5.56 Å². The van der Waals surface area contributed by atoms with Crippen LogP contribution >= 0.6 is 11.6 Å². The Balaban J connectivity index is 2.25. The van der Waals surface area contributed by atoms with Gasteiger partial charge in [-0.25, -0.2) is 9.37 Å². The SMILES string of the molecule is NCc1ccnc(Oc2ccc(F)cc2Cl)c1. The molecule has 0 bridgehead atoms. The Bertz CT molecular complexity index is 534. The molecule has 1 aromatic carbocycles. The fraction of sp³-hybridized carbons (Fsp3) is 0.0833. The molecule has 0 amide bonds. The summed E-state index contributed by atoms with van der Waals surface area (Å²) >= 11 is 5.84. The van der Waals surface area contributed by atoms with Gasteiger partial charge in [-0.15, -0.1) is 0 Å². The van der Waals surface area contributed by atoms with Crippen LogP contribution in [0, 0.1) is 5.82 Å². The van der Waals surface area contributed by atoms with Gasteiger partial charge >= 0.3 is 0 Å². The van der Waals surface area contributed by atoms with Crippen molar-refractivity contribution in [2.24, 2.45) is 5.73 Å². The highest BCUT2D eigenvalue weighted by atomic mass is 35.5. The van der Waals surface area contributed by atoms with Crippen molar-refractivity contribution in [3.8, 4) is 11.6 Å². The highest BCUT2D eigenvalue weighted by molar-refractivity contribution is 6.32. The van der Waals surface area contributed by atoms with E-state index in [0.717, 1.165) is 5.56 Å². The predicted molar refractivity (Wildman–Crippen MR) is 63.6 cm³/mol. The van der Waals surface area contributed by atoms with Crippen LogP contribution in [-0.2, 0) is 6.54 Å². The van der Waals surface area contributed by atoms with Crippen molar-refractivity contribution in [1.29, 1.82) is 0 Å². The summed E-state index contributed by atoms with van der Waals surface area (Å²) in [5.74, 6) is 0.321. The van der Waals surface area contributed by atoms with Gasteiger partial charge in [0.05, 0.1) is 5.02 Å². The Kier molecular flexibility index (Phi) is 3.56. The molecule has 3 nitrogen and oxygen atoms in total. The van der Waals surface area contributed by atoms with Gasteiger partial charge in [0.2, 0.25) is 5.88 Å². The molecule has 0 saturated heterocycles. The van der Waals surface area contributed by atoms with Crippen LogP contribution < -0.4 is 10.5 Å². The van der Waals surface area contributed by atoms with Gasteiger partial charge in [-0.2, -0.15) is 0 Å². The first-order valence-corrected chi connectivity index (χ1v) is 5.35. The number of hydrogen-bond donors (Lipinski definition) is 1. The van der Waals surface area contributed by atoms with E-state index >= 15 is 0 Å². The van der Waals surface area contributed by atoms with Gasteiger partial charge < -0.3 is 10.5 Å². The van der Waals surface area contributed by atoms with Gasteiger partial charge in [-0.3, -0.25) is 0 Å². The van der Waals surface area contributed by atoms with Gasteiger partial charge in [0, 0.05) is 18.8 Å². The minimum absolute atomic E-state index is 0.199. The van der Waals surface area contributed by atoms with Crippen LogP contribution in [0.25, 0.3) is 0 Å². The summed E-state index contributed by atoms with van der Waals surface area (Å²) in [6, 6.07) is 7.41. The van der Waals surface area contributed by atoms with Crippen molar-refractivity contribution < 1.29 is 9.13 Å². The summed E-state index contributed by atoms with van der Waals surface area (Å²) in [5.41, 5.74) is 6.40. The van der Waals surface area contributed by atoms with Crippen LogP contribution in [0.15, 0.2) is 36.5 Å². The van der Waals surface area contributed by atoms with Crippen molar-refractivity contribution in [2.45, 2.75) is 6.54 Å². The van der Waals surface area contributed by atoms with Gasteiger partial charge in [0.1, 0.15) is 11.6 Å². The number of nitrogens with zero attached hydrogens (tertiary/aromatic N) is 1. The summed E-state index contributed by atoms with van der Waals surface area (Å²) in [6.45, 7) is 0.399. The molecule has 1 heterocycles. The van der Waals surface area contributed by atoms with Crippen LogP contribution in [0.5, 0.6) is 11.6 Å². The van der Waals surface area contributed by atoms with Crippen molar-refractivity contribution in [1.82, 2.24) is 4.98 Å². The summed E-state index contributed by atoms with van der Waals surface area (Å²) in [6.07, 6.45) is 1.59. The predicted octanol–water partition coefficient (Wildman–Crippen LogP) is 3.13. The number of pyridine rings is 1. The van der Waals surface area contributed by atoms with E-state index in [1.165, 1.54) is 18.2 Å². The van der Waals surface area contributed by atoms with Gasteiger partial charge in [0.25, 0.3) is 0 Å². The fourth-order valence-electron chi connectivity index (χ4n) is 1.30. The van der Waals surface area contributed by atoms with Crippen molar-refractivity contribution >= 4 is 11.6 Å². The molecule has 2 aromatic rings. The summed E-state index contributed by atoms with van der Waals surface area (Å²) < 4.78 is 18.3. The maximum Gasteiger partial charge on any atom is 0.219 e. The van der Waals surface area contributed by atoms with E-state index < -0.39 is 5.82 Å². The van der Waals surface area contributed by atoms with Crippen LogP contribution in [0.4, 0.5) is 4.39 Å². The van der Waals surface area contributed by atoms with Crippen molar-refractivity contribution in [2.75, 3.05) is 0 Å². The lowest BCUT2D eigenvalue weighted by molar-refractivity contribution is 0.460. The van der Waals surface area contributed by atoms with Crippen molar-refractivity contribution in [3.63, 3.8) is 0 Å². The molecule has 0 aliphatic rings. The second-order valence-corrected chi connectivity index (χ2v) is 3.79. The number of hydrogen-bond acceptors (Lipinski definition) is 3. The summed E-state index contributed by atoms with van der Waals surface area (Å²) in [5, 5.41) is 0.199. The van der Waals surface area contributed by atoms with E-state index in [4.69, 9.17) is 22.1 Å². The first-order chi connectivity index (χ1) is 8.19. The number of aromatic nitrogens is 1. The molecule has 0 radical (unpaired) electrons. The van der Waals surface area contributed by atoms with E-state index in [1.807, 2.05) is 0 Å². The Morgan fingerprint density at radius 1 is 1.29 bits per heavy atom. The molecule has 5 heteroatoms. The lowest BCUT2D eigenvalue weighted by Crippen LogP contribution is -1.97. The molecule has 0 aliphatic heterocycles. The average molecular weight is 253 g/mol. The maximum atomic E-state index is 12.8. The number of benzene rings is 1. The van der Waals surface area contributed by atoms with E-state index in [0.29, 0.717) is 18.2 Å². The molecule has 0 fully saturated rings. The van der Waals surface area contributed by atoms with Crippen LogP contribution in [0.3, 0.4) is 0 Å². The fourth-order valence-corrected chi connectivity index (χ4v) is 1.51. The minimum atomic E-state index is -0.411. The Morgan fingerprint density at radius 2 is 2.12 bits per heavy atom. The highest BCUT2D eigenvalue weighted by Gasteiger charge is 2.05. The molecule has 0 saturated carbocycles. The second-order valence-electron chi connectivity index (χ2n) is 3.38. The number of halogens is 2. The standard InChI is InChI=1S/C12H10ClFN2O/c13-10-6-9(14)1-2-11(10)17-12-5-8(7-15)3-4-16-12/h1-6H,7,15H2. The monoisotopic (exact) mass is 252 g/mol. The first-order valence-electron chi connectivity index (χ1n) is 4.97. The van der Waals surface area contributed by atoms with E-state index in [9.17, 15) is 4.39 Å². The smallest absolute Gasteiger partial charge is 0.219 e. The molecular formula is C12H10ClFN2O. The normalized spacial score (nSPS) is 10.3. The second kappa shape index (κ2) is 5.12. The molecular weight excluding hydrogens is 243 g/mol. The minimum Gasteiger partial charge on any atom is -0.437 e. The van der Waals surface area contributed by atoms with Crippen molar-refractivity contribution in [3.05, 3.63) is 52.9 Å². The number of rotatable bonds is 3. The first kappa shape index (κ1) is 11.8. The highest BCUT2D eigenvalue weighted by Crippen LogP contribution is 2.28. The lowest BCUT2D eigenvalue weighted by Gasteiger charge is -2.07. The molecule has 0 aliphatic carbocycles. The van der Waals surface area contributed by atoms with Gasteiger partial charge in [0.15, 0.2) is 0 Å². The zero-order valence-electron chi connectivity index (χ0n) is 8.86.